The molecular formula is C12H24N2OS. The quantitative estimate of drug-likeness (QED) is 0.781. The summed E-state index contributed by atoms with van der Waals surface area (Å²) in [7, 11) is 0. The van der Waals surface area contributed by atoms with E-state index in [1.54, 1.807) is 0 Å². The van der Waals surface area contributed by atoms with E-state index < -0.39 is 0 Å². The number of hydrogen-bond donors (Lipinski definition) is 1. The standard InChI is InChI=1S/C12H24N2OS/c1-2-14-4-5-15-12(9-14)8-13-7-11-3-6-16-10-11/h11-13H,2-10H2,1H3. The normalized spacial score (nSPS) is 32.1. The summed E-state index contributed by atoms with van der Waals surface area (Å²) < 4.78 is 5.77. The highest BCUT2D eigenvalue weighted by Crippen LogP contribution is 2.22. The highest BCUT2D eigenvalue weighted by molar-refractivity contribution is 7.99. The summed E-state index contributed by atoms with van der Waals surface area (Å²) in [6.45, 7) is 8.69. The molecule has 3 nitrogen and oxygen atoms in total. The predicted octanol–water partition coefficient (Wildman–Crippen LogP) is 1.05. The number of nitrogens with zero attached hydrogens (tertiary/aromatic N) is 1. The largest absolute Gasteiger partial charge is 0.374 e. The number of hydrogen-bond acceptors (Lipinski definition) is 4. The van der Waals surface area contributed by atoms with Gasteiger partial charge in [0.1, 0.15) is 0 Å². The molecule has 2 saturated heterocycles. The van der Waals surface area contributed by atoms with Crippen LogP contribution in [0.1, 0.15) is 13.3 Å². The van der Waals surface area contributed by atoms with Gasteiger partial charge in [0.25, 0.3) is 0 Å². The van der Waals surface area contributed by atoms with Gasteiger partial charge < -0.3 is 10.1 Å². The molecule has 0 bridgehead atoms. The van der Waals surface area contributed by atoms with Gasteiger partial charge in [-0.2, -0.15) is 11.8 Å². The van der Waals surface area contributed by atoms with Gasteiger partial charge in [-0.05, 0) is 36.9 Å². The summed E-state index contributed by atoms with van der Waals surface area (Å²) in [6.07, 6.45) is 1.80. The summed E-state index contributed by atoms with van der Waals surface area (Å²) in [6, 6.07) is 0. The third kappa shape index (κ3) is 3.91. The molecule has 2 fully saturated rings. The molecule has 2 aliphatic heterocycles. The Morgan fingerprint density at radius 2 is 2.38 bits per heavy atom. The van der Waals surface area contributed by atoms with Crippen LogP contribution in [0, 0.1) is 5.92 Å². The topological polar surface area (TPSA) is 24.5 Å². The zero-order valence-electron chi connectivity index (χ0n) is 10.3. The van der Waals surface area contributed by atoms with Crippen LogP contribution in [0.4, 0.5) is 0 Å². The van der Waals surface area contributed by atoms with Crippen molar-refractivity contribution in [3.05, 3.63) is 0 Å². The highest BCUT2D eigenvalue weighted by Gasteiger charge is 2.20. The average molecular weight is 244 g/mol. The Balaban J connectivity index is 1.58. The fraction of sp³-hybridized carbons (Fsp3) is 1.00. The van der Waals surface area contributed by atoms with Gasteiger partial charge in [-0.3, -0.25) is 4.90 Å². The van der Waals surface area contributed by atoms with E-state index in [1.165, 1.54) is 24.5 Å². The summed E-state index contributed by atoms with van der Waals surface area (Å²) >= 11 is 2.09. The number of nitrogens with one attached hydrogen (secondary N) is 1. The Kier molecular flexibility index (Phi) is 5.42. The lowest BCUT2D eigenvalue weighted by atomic mass is 10.1. The minimum atomic E-state index is 0.405. The fourth-order valence-electron chi connectivity index (χ4n) is 2.38. The third-order valence-electron chi connectivity index (χ3n) is 3.50. The molecule has 2 atom stereocenters. The van der Waals surface area contributed by atoms with Crippen molar-refractivity contribution in [1.29, 1.82) is 0 Å². The number of ether oxygens (including phenoxy) is 1. The van der Waals surface area contributed by atoms with E-state index in [2.05, 4.69) is 28.9 Å². The Hall–Kier alpha value is 0.230. The van der Waals surface area contributed by atoms with Crippen molar-refractivity contribution in [2.24, 2.45) is 5.92 Å². The maximum Gasteiger partial charge on any atom is 0.0826 e. The minimum Gasteiger partial charge on any atom is -0.374 e. The number of thioether (sulfide) groups is 1. The predicted molar refractivity (Wildman–Crippen MR) is 70.2 cm³/mol. The second-order valence-electron chi connectivity index (χ2n) is 4.77. The maximum atomic E-state index is 5.77. The summed E-state index contributed by atoms with van der Waals surface area (Å²) in [5.74, 6) is 3.60. The average Bonchev–Trinajstić information content (AvgIpc) is 2.82. The lowest BCUT2D eigenvalue weighted by molar-refractivity contribution is -0.0254. The van der Waals surface area contributed by atoms with Crippen molar-refractivity contribution in [2.75, 3.05) is 50.8 Å². The van der Waals surface area contributed by atoms with Gasteiger partial charge in [0.05, 0.1) is 12.7 Å². The first-order valence-electron chi connectivity index (χ1n) is 6.51. The zero-order chi connectivity index (χ0) is 11.2. The molecule has 0 aromatic rings. The molecule has 0 aromatic carbocycles. The van der Waals surface area contributed by atoms with Crippen LogP contribution in [-0.4, -0.2) is 61.8 Å². The van der Waals surface area contributed by atoms with Crippen LogP contribution >= 0.6 is 11.8 Å². The van der Waals surface area contributed by atoms with Gasteiger partial charge in [0, 0.05) is 19.6 Å². The monoisotopic (exact) mass is 244 g/mol. The second-order valence-corrected chi connectivity index (χ2v) is 5.92. The van der Waals surface area contributed by atoms with E-state index in [4.69, 9.17) is 4.74 Å². The van der Waals surface area contributed by atoms with Crippen LogP contribution in [0.5, 0.6) is 0 Å². The molecule has 16 heavy (non-hydrogen) atoms. The number of rotatable bonds is 5. The first kappa shape index (κ1) is 12.7. The van der Waals surface area contributed by atoms with E-state index in [0.717, 1.165) is 38.7 Å². The summed E-state index contributed by atoms with van der Waals surface area (Å²) in [5, 5.41) is 3.58. The van der Waals surface area contributed by atoms with Crippen LogP contribution in [0.3, 0.4) is 0 Å². The molecule has 94 valence electrons. The van der Waals surface area contributed by atoms with E-state index >= 15 is 0 Å². The van der Waals surface area contributed by atoms with Gasteiger partial charge in [-0.25, -0.2) is 0 Å². The lowest BCUT2D eigenvalue weighted by Gasteiger charge is -2.32. The van der Waals surface area contributed by atoms with Gasteiger partial charge >= 0.3 is 0 Å². The van der Waals surface area contributed by atoms with Crippen LogP contribution in [0.25, 0.3) is 0 Å². The van der Waals surface area contributed by atoms with Crippen LogP contribution in [-0.2, 0) is 4.74 Å². The minimum absolute atomic E-state index is 0.405. The summed E-state index contributed by atoms with van der Waals surface area (Å²) in [5.41, 5.74) is 0. The molecule has 0 amide bonds. The zero-order valence-corrected chi connectivity index (χ0v) is 11.1. The number of morpholine rings is 1. The molecule has 2 rings (SSSR count). The Morgan fingerprint density at radius 1 is 1.44 bits per heavy atom. The van der Waals surface area contributed by atoms with Crippen molar-refractivity contribution in [1.82, 2.24) is 10.2 Å². The molecule has 2 aliphatic rings. The highest BCUT2D eigenvalue weighted by atomic mass is 32.2. The molecule has 2 unspecified atom stereocenters. The van der Waals surface area contributed by atoms with Crippen LogP contribution < -0.4 is 5.32 Å². The van der Waals surface area contributed by atoms with Crippen molar-refractivity contribution in [3.63, 3.8) is 0 Å². The first-order valence-corrected chi connectivity index (χ1v) is 7.66. The van der Waals surface area contributed by atoms with Gasteiger partial charge in [0.2, 0.25) is 0 Å². The van der Waals surface area contributed by atoms with E-state index in [1.807, 2.05) is 0 Å². The third-order valence-corrected chi connectivity index (χ3v) is 4.73. The Labute approximate surface area is 103 Å². The van der Waals surface area contributed by atoms with Crippen molar-refractivity contribution in [2.45, 2.75) is 19.4 Å². The Bertz CT molecular complexity index is 197. The SMILES string of the molecule is CCN1CCOC(CNCC2CCSC2)C1. The van der Waals surface area contributed by atoms with Gasteiger partial charge in [-0.15, -0.1) is 0 Å². The van der Waals surface area contributed by atoms with E-state index in [-0.39, 0.29) is 0 Å². The second kappa shape index (κ2) is 6.84. The lowest BCUT2D eigenvalue weighted by Crippen LogP contribution is -2.46. The Morgan fingerprint density at radius 3 is 3.12 bits per heavy atom. The number of likely N-dealkylation sites (N-methyl/N-ethyl adjacent to an activating group) is 1. The van der Waals surface area contributed by atoms with E-state index in [9.17, 15) is 0 Å². The molecule has 2 heterocycles. The molecule has 0 saturated carbocycles. The van der Waals surface area contributed by atoms with Crippen LogP contribution in [0.15, 0.2) is 0 Å². The van der Waals surface area contributed by atoms with Crippen molar-refractivity contribution >= 4 is 11.8 Å². The molecule has 0 aliphatic carbocycles. The summed E-state index contributed by atoms with van der Waals surface area (Å²) in [4.78, 5) is 2.47. The van der Waals surface area contributed by atoms with E-state index in [0.29, 0.717) is 6.10 Å². The molecule has 0 aromatic heterocycles. The van der Waals surface area contributed by atoms with Gasteiger partial charge in [0.15, 0.2) is 0 Å². The molecular weight excluding hydrogens is 220 g/mol. The molecule has 0 spiro atoms. The first-order chi connectivity index (χ1) is 7.88. The molecule has 1 N–H and O–H groups in total. The van der Waals surface area contributed by atoms with Crippen molar-refractivity contribution < 1.29 is 4.74 Å². The van der Waals surface area contributed by atoms with Gasteiger partial charge in [-0.1, -0.05) is 6.92 Å². The van der Waals surface area contributed by atoms with Crippen molar-refractivity contribution in [3.8, 4) is 0 Å². The fourth-order valence-corrected chi connectivity index (χ4v) is 3.67. The molecule has 0 radical (unpaired) electrons. The molecule has 4 heteroatoms. The maximum absolute atomic E-state index is 5.77. The van der Waals surface area contributed by atoms with Crippen LogP contribution in [0.2, 0.25) is 0 Å². The smallest absolute Gasteiger partial charge is 0.0826 e.